The molecule has 1 atom stereocenters. The first-order chi connectivity index (χ1) is 8.92. The number of ketones is 1. The molecule has 0 fully saturated rings. The van der Waals surface area contributed by atoms with E-state index in [1.807, 2.05) is 13.8 Å². The van der Waals surface area contributed by atoms with E-state index < -0.39 is 0 Å². The Bertz CT molecular complexity index is 482. The lowest BCUT2D eigenvalue weighted by atomic mass is 10.1. The van der Waals surface area contributed by atoms with Gasteiger partial charge in [0, 0.05) is 10.9 Å². The molecule has 0 amide bonds. The first-order valence-corrected chi connectivity index (χ1v) is 7.79. The fraction of sp³-hybridized carbons (Fsp3) is 0.588. The second-order valence-electron chi connectivity index (χ2n) is 5.76. The Kier molecular flexibility index (Phi) is 5.84. The van der Waals surface area contributed by atoms with E-state index in [2.05, 4.69) is 30.4 Å². The van der Waals surface area contributed by atoms with E-state index in [4.69, 9.17) is 0 Å². The van der Waals surface area contributed by atoms with Crippen molar-refractivity contribution in [2.45, 2.75) is 63.6 Å². The Morgan fingerprint density at radius 1 is 1.35 bits per heavy atom. The molecular weight excluding hydrogens is 266 g/mol. The Morgan fingerprint density at radius 2 is 2.00 bits per heavy atom. The van der Waals surface area contributed by atoms with Crippen molar-refractivity contribution in [1.82, 2.24) is 5.32 Å². The summed E-state index contributed by atoms with van der Waals surface area (Å²) in [6.07, 6.45) is 2.24. The van der Waals surface area contributed by atoms with Crippen LogP contribution in [0.5, 0.6) is 0 Å². The topological polar surface area (TPSA) is 29.1 Å². The van der Waals surface area contributed by atoms with Crippen LogP contribution in [0, 0.1) is 0 Å². The van der Waals surface area contributed by atoms with Gasteiger partial charge >= 0.3 is 0 Å². The van der Waals surface area contributed by atoms with Gasteiger partial charge in [-0.15, -0.1) is 11.8 Å². The van der Waals surface area contributed by atoms with E-state index in [1.54, 1.807) is 18.7 Å². The van der Waals surface area contributed by atoms with Crippen molar-refractivity contribution in [3.8, 4) is 0 Å². The number of benzene rings is 1. The Morgan fingerprint density at radius 3 is 2.60 bits per heavy atom. The number of Topliss-reactive ketones (excluding diaryl/α,β-unsaturated/α-hetero) is 1. The zero-order valence-corrected chi connectivity index (χ0v) is 13.1. The molecule has 0 saturated heterocycles. The summed E-state index contributed by atoms with van der Waals surface area (Å²) in [6.45, 7) is 8.84. The van der Waals surface area contributed by atoms with E-state index in [9.17, 15) is 4.79 Å². The van der Waals surface area contributed by atoms with Gasteiger partial charge in [0.25, 0.3) is 0 Å². The molecule has 0 saturated carbocycles. The smallest absolute Gasteiger partial charge is 0.145 e. The minimum absolute atomic E-state index is 0. The summed E-state index contributed by atoms with van der Waals surface area (Å²) >= 11 is 1.66. The lowest BCUT2D eigenvalue weighted by Gasteiger charge is -2.20. The second kappa shape index (κ2) is 6.77. The van der Waals surface area contributed by atoms with Gasteiger partial charge in [0.15, 0.2) is 0 Å². The third-order valence-corrected chi connectivity index (χ3v) is 5.11. The van der Waals surface area contributed by atoms with Crippen LogP contribution in [0.4, 0.5) is 0 Å². The van der Waals surface area contributed by atoms with Crippen molar-refractivity contribution in [3.63, 3.8) is 0 Å². The molecule has 112 valence electrons. The normalized spacial score (nSPS) is 17.5. The number of carbonyl (C=O) groups excluding carboxylic acids is 1. The molecule has 0 spiro atoms. The highest BCUT2D eigenvalue weighted by Gasteiger charge is 2.26. The fourth-order valence-corrected chi connectivity index (χ4v) is 3.53. The lowest BCUT2D eigenvalue weighted by molar-refractivity contribution is -0.118. The number of carbonyl (C=O) groups is 1. The van der Waals surface area contributed by atoms with Gasteiger partial charge in [0.2, 0.25) is 0 Å². The Hall–Kier alpha value is -0.800. The molecule has 3 heteroatoms. The van der Waals surface area contributed by atoms with E-state index >= 15 is 0 Å². The van der Waals surface area contributed by atoms with Gasteiger partial charge in [0.05, 0.1) is 4.75 Å². The maximum atomic E-state index is 11.6. The van der Waals surface area contributed by atoms with Gasteiger partial charge in [-0.3, -0.25) is 4.79 Å². The Balaban J connectivity index is 0.00000200. The monoisotopic (exact) mass is 293 g/mol. The van der Waals surface area contributed by atoms with E-state index in [0.717, 1.165) is 19.4 Å². The minimum atomic E-state index is -0.339. The van der Waals surface area contributed by atoms with Crippen LogP contribution in [0.3, 0.4) is 0 Å². The zero-order chi connectivity index (χ0) is 14.0. The van der Waals surface area contributed by atoms with Crippen LogP contribution < -0.4 is 5.32 Å². The average molecular weight is 293 g/mol. The van der Waals surface area contributed by atoms with Crippen molar-refractivity contribution in [2.75, 3.05) is 6.54 Å². The molecule has 0 aromatic heterocycles. The summed E-state index contributed by atoms with van der Waals surface area (Å²) in [4.78, 5) is 12.8. The zero-order valence-electron chi connectivity index (χ0n) is 12.2. The second-order valence-corrected chi connectivity index (χ2v) is 7.46. The molecule has 2 nitrogen and oxygen atoms in total. The highest BCUT2D eigenvalue weighted by molar-refractivity contribution is 8.01. The molecule has 20 heavy (non-hydrogen) atoms. The molecule has 1 aliphatic carbocycles. The van der Waals surface area contributed by atoms with Crippen molar-refractivity contribution < 1.29 is 4.79 Å². The SMILES string of the molecule is C.CCN[C@@H]1Cc2ccc(SC(C)(C)C(C)=O)cc2C1. The van der Waals surface area contributed by atoms with Crippen molar-refractivity contribution in [3.05, 3.63) is 29.3 Å². The van der Waals surface area contributed by atoms with Gasteiger partial charge < -0.3 is 5.32 Å². The molecule has 0 bridgehead atoms. The molecule has 0 aliphatic heterocycles. The molecule has 0 heterocycles. The van der Waals surface area contributed by atoms with Crippen LogP contribution in [0.15, 0.2) is 23.1 Å². The fourth-order valence-electron chi connectivity index (χ4n) is 2.46. The molecular formula is C17H27NOS. The molecule has 1 aliphatic rings. The quantitative estimate of drug-likeness (QED) is 0.836. The Labute approximate surface area is 127 Å². The number of hydrogen-bond acceptors (Lipinski definition) is 3. The lowest BCUT2D eigenvalue weighted by Crippen LogP contribution is -2.28. The minimum Gasteiger partial charge on any atom is -0.314 e. The van der Waals surface area contributed by atoms with Gasteiger partial charge in [0.1, 0.15) is 5.78 Å². The summed E-state index contributed by atoms with van der Waals surface area (Å²) in [5.41, 5.74) is 2.89. The van der Waals surface area contributed by atoms with Gasteiger partial charge in [-0.05, 0) is 63.4 Å². The van der Waals surface area contributed by atoms with Crippen molar-refractivity contribution in [1.29, 1.82) is 0 Å². The summed E-state index contributed by atoms with van der Waals surface area (Å²) < 4.78 is -0.339. The standard InChI is InChI=1S/C16H23NOS.CH4/c1-5-17-14-8-12-6-7-15(10-13(12)9-14)19-16(3,4)11(2)18;/h6-7,10,14,17H,5,8-9H2,1-4H3;1H4/t14-;/m1./s1. The van der Waals surface area contributed by atoms with Crippen LogP contribution >= 0.6 is 11.8 Å². The number of thioether (sulfide) groups is 1. The van der Waals surface area contributed by atoms with Gasteiger partial charge in [-0.1, -0.05) is 20.4 Å². The highest BCUT2D eigenvalue weighted by Crippen LogP contribution is 2.35. The van der Waals surface area contributed by atoms with E-state index in [0.29, 0.717) is 6.04 Å². The van der Waals surface area contributed by atoms with Crippen LogP contribution in [0.2, 0.25) is 0 Å². The summed E-state index contributed by atoms with van der Waals surface area (Å²) in [6, 6.07) is 7.23. The van der Waals surface area contributed by atoms with Gasteiger partial charge in [-0.25, -0.2) is 0 Å². The molecule has 1 N–H and O–H groups in total. The summed E-state index contributed by atoms with van der Waals surface area (Å²) in [5, 5.41) is 3.52. The molecule has 0 radical (unpaired) electrons. The predicted octanol–water partition coefficient (Wildman–Crippen LogP) is 3.86. The van der Waals surface area contributed by atoms with Crippen LogP contribution in [-0.4, -0.2) is 23.1 Å². The maximum absolute atomic E-state index is 11.6. The number of rotatable bonds is 5. The summed E-state index contributed by atoms with van der Waals surface area (Å²) in [5.74, 6) is 0.225. The number of hydrogen-bond donors (Lipinski definition) is 1. The average Bonchev–Trinajstić information content (AvgIpc) is 2.70. The number of nitrogens with one attached hydrogen (secondary N) is 1. The molecule has 1 aromatic carbocycles. The third-order valence-electron chi connectivity index (χ3n) is 3.82. The maximum Gasteiger partial charge on any atom is 0.145 e. The van der Waals surface area contributed by atoms with Crippen LogP contribution in [0.25, 0.3) is 0 Å². The molecule has 0 unspecified atom stereocenters. The largest absolute Gasteiger partial charge is 0.314 e. The third kappa shape index (κ3) is 3.86. The van der Waals surface area contributed by atoms with E-state index in [1.165, 1.54) is 16.0 Å². The molecule has 1 aromatic rings. The predicted molar refractivity (Wildman–Crippen MR) is 88.7 cm³/mol. The first-order valence-electron chi connectivity index (χ1n) is 6.97. The summed E-state index contributed by atoms with van der Waals surface area (Å²) in [7, 11) is 0. The van der Waals surface area contributed by atoms with Crippen molar-refractivity contribution in [2.24, 2.45) is 0 Å². The first kappa shape index (κ1) is 17.3. The number of fused-ring (bicyclic) bond motifs is 1. The van der Waals surface area contributed by atoms with E-state index in [-0.39, 0.29) is 18.0 Å². The van der Waals surface area contributed by atoms with Crippen molar-refractivity contribution >= 4 is 17.5 Å². The highest BCUT2D eigenvalue weighted by atomic mass is 32.2. The van der Waals surface area contributed by atoms with Crippen LogP contribution in [-0.2, 0) is 17.6 Å². The van der Waals surface area contributed by atoms with Crippen LogP contribution in [0.1, 0.15) is 46.2 Å². The molecule has 2 rings (SSSR count). The number of likely N-dealkylation sites (N-methyl/N-ethyl adjacent to an activating group) is 1. The van der Waals surface area contributed by atoms with Gasteiger partial charge in [-0.2, -0.15) is 0 Å².